The number of rotatable bonds is 13. The van der Waals surface area contributed by atoms with Crippen molar-refractivity contribution in [3.63, 3.8) is 0 Å². The molecule has 1 rings (SSSR count). The average Bonchev–Trinajstić information content (AvgIpc) is 3.03. The lowest BCUT2D eigenvalue weighted by Gasteiger charge is -2.29. The lowest BCUT2D eigenvalue weighted by Crippen LogP contribution is -2.41. The third-order valence-electron chi connectivity index (χ3n) is 5.51. The second-order valence-electron chi connectivity index (χ2n) is 7.72. The van der Waals surface area contributed by atoms with E-state index in [1.807, 2.05) is 12.2 Å². The van der Waals surface area contributed by atoms with Gasteiger partial charge in [0.15, 0.2) is 0 Å². The highest BCUT2D eigenvalue weighted by Crippen LogP contribution is 2.33. The zero-order valence-corrected chi connectivity index (χ0v) is 17.4. The standard InChI is InChI=1S/C24H36O4/c1-3-5-17-24(28,23(27)12-4-2)18-11-13-20-15-16-22(26)21(20)14-9-7-6-8-10-19-25/h7,9,11,13,19-21,23,27-28H,3,5-6,8,10,14-18H2,1-2H3/t20-,21+,23?,24?/m0/s1. The predicted molar refractivity (Wildman–Crippen MR) is 113 cm³/mol. The van der Waals surface area contributed by atoms with E-state index in [1.165, 1.54) is 0 Å². The van der Waals surface area contributed by atoms with Crippen molar-refractivity contribution in [2.45, 2.75) is 89.8 Å². The SMILES string of the molecule is CC#CC(O)C(O)(CC=C[C@H]1CCC(=O)[C@@H]1CC=CCCCC=O)CCCC. The normalized spacial score (nSPS) is 22.9. The molecule has 0 aliphatic heterocycles. The van der Waals surface area contributed by atoms with Gasteiger partial charge in [0.05, 0.1) is 0 Å². The maximum absolute atomic E-state index is 12.2. The summed E-state index contributed by atoms with van der Waals surface area (Å²) in [4.78, 5) is 22.5. The summed E-state index contributed by atoms with van der Waals surface area (Å²) in [5.41, 5.74) is -1.24. The summed E-state index contributed by atoms with van der Waals surface area (Å²) < 4.78 is 0. The van der Waals surface area contributed by atoms with E-state index in [-0.39, 0.29) is 11.8 Å². The molecule has 0 heterocycles. The first kappa shape index (κ1) is 24.3. The smallest absolute Gasteiger partial charge is 0.143 e. The zero-order valence-electron chi connectivity index (χ0n) is 17.4. The van der Waals surface area contributed by atoms with Crippen LogP contribution in [-0.2, 0) is 9.59 Å². The zero-order chi connectivity index (χ0) is 20.8. The largest absolute Gasteiger partial charge is 0.386 e. The number of Topliss-reactive ketones (excluding diaryl/α,β-unsaturated/α-hetero) is 1. The second kappa shape index (κ2) is 13.5. The van der Waals surface area contributed by atoms with Crippen molar-refractivity contribution >= 4 is 12.1 Å². The Hall–Kier alpha value is -1.70. The van der Waals surface area contributed by atoms with Gasteiger partial charge in [-0.2, -0.15) is 0 Å². The molecule has 0 saturated heterocycles. The molecule has 4 nitrogen and oxygen atoms in total. The summed E-state index contributed by atoms with van der Waals surface area (Å²) in [5, 5.41) is 21.1. The van der Waals surface area contributed by atoms with Gasteiger partial charge in [-0.25, -0.2) is 0 Å². The molecule has 0 aromatic heterocycles. The van der Waals surface area contributed by atoms with Gasteiger partial charge in [-0.05, 0) is 51.4 Å². The molecule has 4 atom stereocenters. The van der Waals surface area contributed by atoms with Gasteiger partial charge in [-0.15, -0.1) is 5.92 Å². The fourth-order valence-corrected chi connectivity index (χ4v) is 3.70. The first-order valence-corrected chi connectivity index (χ1v) is 10.6. The molecule has 1 saturated carbocycles. The number of hydrogen-bond acceptors (Lipinski definition) is 4. The average molecular weight is 389 g/mol. The fraction of sp³-hybridized carbons (Fsp3) is 0.667. The molecular formula is C24H36O4. The van der Waals surface area contributed by atoms with Crippen LogP contribution in [0.25, 0.3) is 0 Å². The molecule has 0 radical (unpaired) electrons. The first-order valence-electron chi connectivity index (χ1n) is 10.6. The molecular weight excluding hydrogens is 352 g/mol. The molecule has 4 heteroatoms. The molecule has 156 valence electrons. The van der Waals surface area contributed by atoms with Crippen LogP contribution in [0.4, 0.5) is 0 Å². The van der Waals surface area contributed by atoms with Gasteiger partial charge < -0.3 is 15.0 Å². The molecule has 0 aromatic rings. The number of carbonyl (C=O) groups is 2. The Balaban J connectivity index is 2.66. The molecule has 2 unspecified atom stereocenters. The highest BCUT2D eigenvalue weighted by Gasteiger charge is 2.34. The van der Waals surface area contributed by atoms with Crippen molar-refractivity contribution < 1.29 is 19.8 Å². The Bertz CT molecular complexity index is 595. The van der Waals surface area contributed by atoms with E-state index in [0.29, 0.717) is 31.5 Å². The third-order valence-corrected chi connectivity index (χ3v) is 5.51. The molecule has 1 aliphatic carbocycles. The van der Waals surface area contributed by atoms with Gasteiger partial charge >= 0.3 is 0 Å². The monoisotopic (exact) mass is 388 g/mol. The minimum atomic E-state index is -1.24. The lowest BCUT2D eigenvalue weighted by atomic mass is 9.86. The highest BCUT2D eigenvalue weighted by atomic mass is 16.3. The van der Waals surface area contributed by atoms with E-state index in [1.54, 1.807) is 6.92 Å². The van der Waals surface area contributed by atoms with Gasteiger partial charge in [-0.3, -0.25) is 4.79 Å². The van der Waals surface area contributed by atoms with Crippen molar-refractivity contribution in [1.82, 2.24) is 0 Å². The van der Waals surface area contributed by atoms with Gasteiger partial charge in [-0.1, -0.05) is 50.0 Å². The van der Waals surface area contributed by atoms with Crippen molar-refractivity contribution in [1.29, 1.82) is 0 Å². The van der Waals surface area contributed by atoms with Crippen LogP contribution < -0.4 is 0 Å². The van der Waals surface area contributed by atoms with Crippen molar-refractivity contribution in [3.05, 3.63) is 24.3 Å². The molecule has 1 fully saturated rings. The van der Waals surface area contributed by atoms with Gasteiger partial charge in [0.2, 0.25) is 0 Å². The molecule has 1 aliphatic rings. The van der Waals surface area contributed by atoms with Crippen LogP contribution in [0.15, 0.2) is 24.3 Å². The van der Waals surface area contributed by atoms with Crippen LogP contribution in [0.5, 0.6) is 0 Å². The number of aliphatic hydroxyl groups excluding tert-OH is 1. The summed E-state index contributed by atoms with van der Waals surface area (Å²) >= 11 is 0. The maximum atomic E-state index is 12.2. The highest BCUT2D eigenvalue weighted by molar-refractivity contribution is 5.83. The van der Waals surface area contributed by atoms with E-state index in [4.69, 9.17) is 0 Å². The molecule has 0 amide bonds. The van der Waals surface area contributed by atoms with Crippen molar-refractivity contribution in [2.24, 2.45) is 11.8 Å². The topological polar surface area (TPSA) is 74.6 Å². The number of allylic oxidation sites excluding steroid dienone is 3. The molecule has 2 N–H and O–H groups in total. The second-order valence-corrected chi connectivity index (χ2v) is 7.72. The number of hydrogen-bond donors (Lipinski definition) is 2. The van der Waals surface area contributed by atoms with Crippen LogP contribution in [0.3, 0.4) is 0 Å². The van der Waals surface area contributed by atoms with E-state index in [9.17, 15) is 19.8 Å². The summed E-state index contributed by atoms with van der Waals surface area (Å²) in [6.45, 7) is 3.70. The number of aldehydes is 1. The quantitative estimate of drug-likeness (QED) is 0.215. The molecule has 0 aromatic carbocycles. The first-order chi connectivity index (χ1) is 13.5. The third kappa shape index (κ3) is 8.12. The van der Waals surface area contributed by atoms with Crippen molar-refractivity contribution in [2.75, 3.05) is 0 Å². The number of carbonyl (C=O) groups excluding carboxylic acids is 2. The van der Waals surface area contributed by atoms with E-state index in [0.717, 1.165) is 44.8 Å². The van der Waals surface area contributed by atoms with Crippen LogP contribution in [0, 0.1) is 23.7 Å². The van der Waals surface area contributed by atoms with E-state index < -0.39 is 11.7 Å². The molecule has 0 bridgehead atoms. The van der Waals surface area contributed by atoms with Crippen LogP contribution in [0.1, 0.15) is 78.1 Å². The molecule has 28 heavy (non-hydrogen) atoms. The number of aliphatic hydroxyl groups is 2. The van der Waals surface area contributed by atoms with Crippen LogP contribution in [-0.4, -0.2) is 34.0 Å². The van der Waals surface area contributed by atoms with Gasteiger partial charge in [0.1, 0.15) is 23.8 Å². The number of ketones is 1. The van der Waals surface area contributed by atoms with E-state index >= 15 is 0 Å². The van der Waals surface area contributed by atoms with E-state index in [2.05, 4.69) is 30.9 Å². The van der Waals surface area contributed by atoms with Crippen molar-refractivity contribution in [3.8, 4) is 11.8 Å². The van der Waals surface area contributed by atoms with Gasteiger partial charge in [0.25, 0.3) is 0 Å². The Morgan fingerprint density at radius 3 is 2.71 bits per heavy atom. The summed E-state index contributed by atoms with van der Waals surface area (Å²) in [5.74, 6) is 5.82. The predicted octanol–water partition coefficient (Wildman–Crippen LogP) is 4.15. The van der Waals surface area contributed by atoms with Crippen LogP contribution in [0.2, 0.25) is 0 Å². The Kier molecular flexibility index (Phi) is 11.7. The minimum Gasteiger partial charge on any atom is -0.386 e. The Morgan fingerprint density at radius 1 is 1.25 bits per heavy atom. The summed E-state index contributed by atoms with van der Waals surface area (Å²) in [6, 6.07) is 0. The maximum Gasteiger partial charge on any atom is 0.143 e. The van der Waals surface area contributed by atoms with Crippen LogP contribution >= 0.6 is 0 Å². The summed E-state index contributed by atoms with van der Waals surface area (Å²) in [6.07, 6.45) is 15.0. The Labute approximate surface area is 170 Å². The Morgan fingerprint density at radius 2 is 2.04 bits per heavy atom. The summed E-state index contributed by atoms with van der Waals surface area (Å²) in [7, 11) is 0. The molecule has 0 spiro atoms. The minimum absolute atomic E-state index is 0.0114. The van der Waals surface area contributed by atoms with Gasteiger partial charge in [0, 0.05) is 18.8 Å². The fourth-order valence-electron chi connectivity index (χ4n) is 3.70. The lowest BCUT2D eigenvalue weighted by molar-refractivity contribution is -0.120. The number of unbranched alkanes of at least 4 members (excludes halogenated alkanes) is 3.